The van der Waals surface area contributed by atoms with E-state index in [2.05, 4.69) is 41.6 Å². The van der Waals surface area contributed by atoms with E-state index in [0.717, 1.165) is 6.54 Å². The normalized spacial score (nSPS) is 9.73. The minimum absolute atomic E-state index is 0.296. The molecule has 0 aliphatic rings. The number of rotatable bonds is 5. The third-order valence-electron chi connectivity index (χ3n) is 3.05. The number of carbonyl (C=O) groups is 2. The summed E-state index contributed by atoms with van der Waals surface area (Å²) in [5.74, 6) is -2.15. The molecule has 0 bridgehead atoms. The van der Waals surface area contributed by atoms with Crippen molar-refractivity contribution in [2.75, 3.05) is 0 Å². The van der Waals surface area contributed by atoms with Crippen molar-refractivity contribution in [2.45, 2.75) is 33.2 Å². The molecule has 2 aromatic rings. The zero-order chi connectivity index (χ0) is 16.5. The van der Waals surface area contributed by atoms with E-state index < -0.39 is 11.9 Å². The van der Waals surface area contributed by atoms with Gasteiger partial charge in [0, 0.05) is 18.9 Å². The zero-order valence-electron chi connectivity index (χ0n) is 12.7. The molecule has 118 valence electrons. The second kappa shape index (κ2) is 8.61. The molecular weight excluding hydrogens is 284 g/mol. The largest absolute Gasteiger partial charge is 0.481 e. The lowest BCUT2D eigenvalue weighted by Crippen LogP contribution is -2.00. The van der Waals surface area contributed by atoms with Crippen LogP contribution in [0.3, 0.4) is 0 Å². The van der Waals surface area contributed by atoms with E-state index in [1.807, 2.05) is 12.5 Å². The predicted octanol–water partition coefficient (Wildman–Crippen LogP) is 2.48. The minimum atomic E-state index is -1.08. The van der Waals surface area contributed by atoms with Gasteiger partial charge >= 0.3 is 11.9 Å². The van der Waals surface area contributed by atoms with Crippen LogP contribution in [0.4, 0.5) is 0 Å². The van der Waals surface area contributed by atoms with Crippen LogP contribution in [0.5, 0.6) is 0 Å². The van der Waals surface area contributed by atoms with Crippen molar-refractivity contribution in [1.29, 1.82) is 0 Å². The number of benzene rings is 1. The summed E-state index contributed by atoms with van der Waals surface area (Å²) < 4.78 is 2.07. The van der Waals surface area contributed by atoms with Gasteiger partial charge in [-0.25, -0.2) is 4.98 Å². The van der Waals surface area contributed by atoms with E-state index in [4.69, 9.17) is 10.2 Å². The lowest BCUT2D eigenvalue weighted by atomic mass is 10.1. The van der Waals surface area contributed by atoms with Crippen molar-refractivity contribution < 1.29 is 19.8 Å². The van der Waals surface area contributed by atoms with E-state index in [1.165, 1.54) is 16.7 Å². The highest BCUT2D eigenvalue weighted by Gasteiger charge is 2.00. The smallest absolute Gasteiger partial charge is 0.303 e. The Morgan fingerprint density at radius 3 is 2.18 bits per heavy atom. The lowest BCUT2D eigenvalue weighted by molar-refractivity contribution is -0.143. The monoisotopic (exact) mass is 304 g/mol. The van der Waals surface area contributed by atoms with Gasteiger partial charge in [-0.15, -0.1) is 0 Å². The molecule has 1 heterocycles. The van der Waals surface area contributed by atoms with Crippen LogP contribution in [0.15, 0.2) is 36.9 Å². The summed E-state index contributed by atoms with van der Waals surface area (Å²) in [6.45, 7) is 5.18. The molecule has 0 aliphatic carbocycles. The number of nitrogens with zero attached hydrogens (tertiary/aromatic N) is 2. The van der Waals surface area contributed by atoms with Crippen molar-refractivity contribution in [1.82, 2.24) is 9.55 Å². The van der Waals surface area contributed by atoms with Crippen LogP contribution in [0, 0.1) is 13.8 Å². The molecule has 0 saturated carbocycles. The fraction of sp³-hybridized carbons (Fsp3) is 0.312. The van der Waals surface area contributed by atoms with E-state index in [-0.39, 0.29) is 12.8 Å². The van der Waals surface area contributed by atoms with Gasteiger partial charge in [0.05, 0.1) is 19.2 Å². The highest BCUT2D eigenvalue weighted by molar-refractivity contribution is 5.75. The zero-order valence-corrected chi connectivity index (χ0v) is 12.7. The molecule has 6 nitrogen and oxygen atoms in total. The van der Waals surface area contributed by atoms with E-state index in [1.54, 1.807) is 6.20 Å². The summed E-state index contributed by atoms with van der Waals surface area (Å²) in [7, 11) is 0. The molecule has 0 fully saturated rings. The molecule has 0 unspecified atom stereocenters. The predicted molar refractivity (Wildman–Crippen MR) is 81.8 cm³/mol. The minimum Gasteiger partial charge on any atom is -0.481 e. The first-order valence-electron chi connectivity index (χ1n) is 6.84. The second-order valence-corrected chi connectivity index (χ2v) is 4.94. The first-order chi connectivity index (χ1) is 10.4. The van der Waals surface area contributed by atoms with Crippen molar-refractivity contribution in [3.63, 3.8) is 0 Å². The van der Waals surface area contributed by atoms with Gasteiger partial charge in [-0.2, -0.15) is 0 Å². The summed E-state index contributed by atoms with van der Waals surface area (Å²) >= 11 is 0. The van der Waals surface area contributed by atoms with Crippen molar-refractivity contribution in [3.05, 3.63) is 53.6 Å². The Labute approximate surface area is 129 Å². The Hall–Kier alpha value is -2.63. The van der Waals surface area contributed by atoms with Crippen LogP contribution in [0.1, 0.15) is 29.5 Å². The number of carboxylic acid groups (broad SMARTS) is 2. The number of hydrogen-bond acceptors (Lipinski definition) is 3. The number of aryl methyl sites for hydroxylation is 2. The fourth-order valence-electron chi connectivity index (χ4n) is 1.71. The first-order valence-corrected chi connectivity index (χ1v) is 6.84. The molecule has 6 heteroatoms. The Bertz CT molecular complexity index is 607. The number of aromatic nitrogens is 2. The SMILES string of the molecule is Cc1ccc(Cn2ccnc2)cc1C.O=C(O)CCC(=O)O. The van der Waals surface area contributed by atoms with Crippen LogP contribution in [0.2, 0.25) is 0 Å². The Morgan fingerprint density at radius 1 is 1.09 bits per heavy atom. The van der Waals surface area contributed by atoms with Gasteiger partial charge in [0.15, 0.2) is 0 Å². The summed E-state index contributed by atoms with van der Waals surface area (Å²) in [6, 6.07) is 6.57. The van der Waals surface area contributed by atoms with Gasteiger partial charge in [-0.05, 0) is 30.5 Å². The third kappa shape index (κ3) is 6.69. The van der Waals surface area contributed by atoms with Crippen molar-refractivity contribution in [2.24, 2.45) is 0 Å². The molecule has 2 rings (SSSR count). The van der Waals surface area contributed by atoms with Crippen LogP contribution in [-0.4, -0.2) is 31.7 Å². The van der Waals surface area contributed by atoms with Crippen LogP contribution < -0.4 is 0 Å². The maximum atomic E-state index is 9.64. The average molecular weight is 304 g/mol. The molecule has 22 heavy (non-hydrogen) atoms. The van der Waals surface area contributed by atoms with E-state index >= 15 is 0 Å². The second-order valence-electron chi connectivity index (χ2n) is 4.94. The highest BCUT2D eigenvalue weighted by atomic mass is 16.4. The molecule has 0 amide bonds. The summed E-state index contributed by atoms with van der Waals surface area (Å²) in [5.41, 5.74) is 4.02. The summed E-state index contributed by atoms with van der Waals surface area (Å²) in [5, 5.41) is 15.8. The quantitative estimate of drug-likeness (QED) is 0.885. The summed E-state index contributed by atoms with van der Waals surface area (Å²) in [6.07, 6.45) is 5.04. The molecule has 1 aromatic heterocycles. The van der Waals surface area contributed by atoms with Crippen LogP contribution in [-0.2, 0) is 16.1 Å². The van der Waals surface area contributed by atoms with E-state index in [9.17, 15) is 9.59 Å². The molecule has 1 aromatic carbocycles. The average Bonchev–Trinajstić information content (AvgIpc) is 2.94. The molecule has 0 aliphatic heterocycles. The third-order valence-corrected chi connectivity index (χ3v) is 3.05. The number of carboxylic acids is 2. The van der Waals surface area contributed by atoms with E-state index in [0.29, 0.717) is 0 Å². The van der Waals surface area contributed by atoms with Crippen LogP contribution in [0.25, 0.3) is 0 Å². The number of imidazole rings is 1. The van der Waals surface area contributed by atoms with Gasteiger partial charge in [0.2, 0.25) is 0 Å². The number of hydrogen-bond donors (Lipinski definition) is 2. The maximum Gasteiger partial charge on any atom is 0.303 e. The molecule has 0 saturated heterocycles. The summed E-state index contributed by atoms with van der Waals surface area (Å²) in [4.78, 5) is 23.3. The van der Waals surface area contributed by atoms with Gasteiger partial charge in [-0.3, -0.25) is 9.59 Å². The molecule has 0 radical (unpaired) electrons. The van der Waals surface area contributed by atoms with Gasteiger partial charge in [0.25, 0.3) is 0 Å². The molecule has 0 spiro atoms. The lowest BCUT2D eigenvalue weighted by Gasteiger charge is -2.05. The first kappa shape index (κ1) is 17.4. The molecule has 2 N–H and O–H groups in total. The standard InChI is InChI=1S/C12H14N2.C4H6O4/c1-10-3-4-12(7-11(10)2)8-14-6-5-13-9-14;5-3(6)1-2-4(7)8/h3-7,9H,8H2,1-2H3;1-2H2,(H,5,6)(H,7,8). The highest BCUT2D eigenvalue weighted by Crippen LogP contribution is 2.10. The molecule has 0 atom stereocenters. The van der Waals surface area contributed by atoms with Gasteiger partial charge in [0.1, 0.15) is 0 Å². The Morgan fingerprint density at radius 2 is 1.73 bits per heavy atom. The van der Waals surface area contributed by atoms with Gasteiger partial charge < -0.3 is 14.8 Å². The molecular formula is C16H20N2O4. The Balaban J connectivity index is 0.000000261. The van der Waals surface area contributed by atoms with Crippen LogP contribution >= 0.6 is 0 Å². The topological polar surface area (TPSA) is 92.4 Å². The fourth-order valence-corrected chi connectivity index (χ4v) is 1.71. The van der Waals surface area contributed by atoms with Gasteiger partial charge in [-0.1, -0.05) is 18.2 Å². The van der Waals surface area contributed by atoms with Crippen molar-refractivity contribution in [3.8, 4) is 0 Å². The van der Waals surface area contributed by atoms with Crippen molar-refractivity contribution >= 4 is 11.9 Å². The Kier molecular flexibility index (Phi) is 6.82. The number of aliphatic carboxylic acids is 2. The maximum absolute atomic E-state index is 9.64.